The molecule has 2 atom stereocenters. The molecule has 1 saturated heterocycles. The number of carbonyl (C=O) groups is 2. The number of nitrogens with zero attached hydrogens (tertiary/aromatic N) is 3. The molecule has 18 heavy (non-hydrogen) atoms. The van der Waals surface area contributed by atoms with E-state index in [1.165, 1.54) is 12.4 Å². The van der Waals surface area contributed by atoms with Crippen LogP contribution >= 0.6 is 0 Å². The number of hydrogen-bond acceptors (Lipinski definition) is 5. The topological polar surface area (TPSA) is 107 Å². The first-order valence-electron chi connectivity index (χ1n) is 5.23. The van der Waals surface area contributed by atoms with Crippen LogP contribution in [-0.4, -0.2) is 16.8 Å². The highest BCUT2D eigenvalue weighted by Gasteiger charge is 2.45. The molecule has 1 aromatic heterocycles. The van der Waals surface area contributed by atoms with Crippen molar-refractivity contribution in [3.05, 3.63) is 30.1 Å². The average molecular weight is 240 g/mol. The fourth-order valence-corrected chi connectivity index (χ4v) is 2.04. The predicted molar refractivity (Wildman–Crippen MR) is 58.3 cm³/mol. The van der Waals surface area contributed by atoms with Crippen LogP contribution in [0.4, 0.5) is 0 Å². The fraction of sp³-hybridized carbons (Fsp3) is 0.250. The van der Waals surface area contributed by atoms with Crippen LogP contribution in [0.1, 0.15) is 11.5 Å². The van der Waals surface area contributed by atoms with Crippen LogP contribution in [0.2, 0.25) is 0 Å². The van der Waals surface area contributed by atoms with Crippen molar-refractivity contribution in [1.29, 1.82) is 10.5 Å². The molecule has 0 saturated carbocycles. The van der Waals surface area contributed by atoms with E-state index in [1.807, 2.05) is 17.5 Å². The smallest absolute Gasteiger partial charge is 0.244 e. The highest BCUT2D eigenvalue weighted by Crippen LogP contribution is 2.34. The molecule has 0 radical (unpaired) electrons. The number of hydrogen-bond donors (Lipinski definition) is 1. The molecular weight excluding hydrogens is 232 g/mol. The standard InChI is InChI=1S/C12H8N4O2/c13-5-8-10(7-1-3-15-4-2-7)9(6-14)12(18)16-11(8)17/h1-4,8-10H,(H,16,17,18)/t8-,9-/m1/s1. The molecule has 0 aromatic carbocycles. The van der Waals surface area contributed by atoms with E-state index in [-0.39, 0.29) is 0 Å². The number of imide groups is 1. The maximum Gasteiger partial charge on any atom is 0.244 e. The molecule has 1 N–H and O–H groups in total. The molecule has 6 heteroatoms. The van der Waals surface area contributed by atoms with E-state index in [0.717, 1.165) is 0 Å². The zero-order valence-electron chi connectivity index (χ0n) is 9.20. The summed E-state index contributed by atoms with van der Waals surface area (Å²) in [6.07, 6.45) is 2.99. The van der Waals surface area contributed by atoms with Gasteiger partial charge < -0.3 is 0 Å². The molecule has 2 amide bonds. The molecule has 0 unspecified atom stereocenters. The first-order valence-corrected chi connectivity index (χ1v) is 5.23. The summed E-state index contributed by atoms with van der Waals surface area (Å²) in [5, 5.41) is 20.1. The molecule has 6 nitrogen and oxygen atoms in total. The molecule has 88 valence electrons. The summed E-state index contributed by atoms with van der Waals surface area (Å²) in [5.74, 6) is -4.15. The van der Waals surface area contributed by atoms with Crippen LogP contribution in [0.3, 0.4) is 0 Å². The summed E-state index contributed by atoms with van der Waals surface area (Å²) < 4.78 is 0. The summed E-state index contributed by atoms with van der Waals surface area (Å²) >= 11 is 0. The Balaban J connectivity index is 2.50. The van der Waals surface area contributed by atoms with Gasteiger partial charge in [-0.25, -0.2) is 0 Å². The van der Waals surface area contributed by atoms with Gasteiger partial charge in [-0.15, -0.1) is 0 Å². The van der Waals surface area contributed by atoms with Gasteiger partial charge in [-0.05, 0) is 17.7 Å². The van der Waals surface area contributed by atoms with Gasteiger partial charge in [-0.3, -0.25) is 19.9 Å². The third-order valence-electron chi connectivity index (χ3n) is 2.90. The Morgan fingerprint density at radius 1 is 1.06 bits per heavy atom. The highest BCUT2D eigenvalue weighted by molar-refractivity contribution is 6.03. The quantitative estimate of drug-likeness (QED) is 0.700. The van der Waals surface area contributed by atoms with Gasteiger partial charge in [0, 0.05) is 18.3 Å². The molecule has 0 bridgehead atoms. The van der Waals surface area contributed by atoms with E-state index in [4.69, 9.17) is 10.5 Å². The van der Waals surface area contributed by atoms with Crippen LogP contribution in [0, 0.1) is 34.5 Å². The molecule has 1 aromatic rings. The Kier molecular flexibility index (Phi) is 3.03. The van der Waals surface area contributed by atoms with Crippen LogP contribution in [0.15, 0.2) is 24.5 Å². The Morgan fingerprint density at radius 3 is 2.00 bits per heavy atom. The minimum absolute atomic E-state index is 0.589. The third kappa shape index (κ3) is 1.80. The largest absolute Gasteiger partial charge is 0.294 e. The van der Waals surface area contributed by atoms with Gasteiger partial charge in [0.05, 0.1) is 12.1 Å². The Bertz CT molecular complexity index is 538. The van der Waals surface area contributed by atoms with Gasteiger partial charge in [0.1, 0.15) is 11.8 Å². The third-order valence-corrected chi connectivity index (χ3v) is 2.90. The van der Waals surface area contributed by atoms with Gasteiger partial charge in [0.25, 0.3) is 0 Å². The van der Waals surface area contributed by atoms with E-state index in [9.17, 15) is 9.59 Å². The molecule has 2 rings (SSSR count). The molecule has 1 aliphatic rings. The zero-order chi connectivity index (χ0) is 13.1. The first-order chi connectivity index (χ1) is 8.69. The second-order valence-corrected chi connectivity index (χ2v) is 3.87. The normalized spacial score (nSPS) is 23.9. The van der Waals surface area contributed by atoms with Crippen molar-refractivity contribution in [2.24, 2.45) is 11.8 Å². The maximum absolute atomic E-state index is 11.6. The van der Waals surface area contributed by atoms with Crippen molar-refractivity contribution in [3.8, 4) is 12.1 Å². The van der Waals surface area contributed by atoms with E-state index in [2.05, 4.69) is 4.98 Å². The van der Waals surface area contributed by atoms with Crippen LogP contribution in [0.5, 0.6) is 0 Å². The first kappa shape index (κ1) is 11.7. The number of nitriles is 2. The molecule has 1 fully saturated rings. The van der Waals surface area contributed by atoms with Gasteiger partial charge in [0.15, 0.2) is 0 Å². The Hall–Kier alpha value is -2.73. The summed E-state index contributed by atoms with van der Waals surface area (Å²) in [5.41, 5.74) is 0.589. The summed E-state index contributed by atoms with van der Waals surface area (Å²) in [6.45, 7) is 0. The lowest BCUT2D eigenvalue weighted by Crippen LogP contribution is -2.49. The molecular formula is C12H8N4O2. The van der Waals surface area contributed by atoms with Gasteiger partial charge >= 0.3 is 0 Å². The fourth-order valence-electron chi connectivity index (χ4n) is 2.04. The number of piperidine rings is 1. The van der Waals surface area contributed by atoms with Crippen LogP contribution in [0.25, 0.3) is 0 Å². The monoisotopic (exact) mass is 240 g/mol. The van der Waals surface area contributed by atoms with Crippen LogP contribution in [-0.2, 0) is 9.59 Å². The summed E-state index contributed by atoms with van der Waals surface area (Å²) in [4.78, 5) is 27.0. The minimum atomic E-state index is -1.05. The van der Waals surface area contributed by atoms with E-state index < -0.39 is 29.6 Å². The molecule has 0 spiro atoms. The van der Waals surface area contributed by atoms with E-state index in [0.29, 0.717) is 5.56 Å². The molecule has 0 aliphatic carbocycles. The molecule has 2 heterocycles. The minimum Gasteiger partial charge on any atom is -0.294 e. The van der Waals surface area contributed by atoms with Crippen molar-refractivity contribution in [2.75, 3.05) is 0 Å². The van der Waals surface area contributed by atoms with Gasteiger partial charge in [-0.2, -0.15) is 10.5 Å². The average Bonchev–Trinajstić information content (AvgIpc) is 2.39. The lowest BCUT2D eigenvalue weighted by molar-refractivity contribution is -0.137. The Labute approximate surface area is 103 Å². The van der Waals surface area contributed by atoms with E-state index in [1.54, 1.807) is 12.1 Å². The van der Waals surface area contributed by atoms with Crippen molar-refractivity contribution < 1.29 is 9.59 Å². The van der Waals surface area contributed by atoms with Crippen molar-refractivity contribution in [3.63, 3.8) is 0 Å². The second-order valence-electron chi connectivity index (χ2n) is 3.87. The van der Waals surface area contributed by atoms with Crippen LogP contribution < -0.4 is 5.32 Å². The summed E-state index contributed by atoms with van der Waals surface area (Å²) in [7, 11) is 0. The van der Waals surface area contributed by atoms with Crippen molar-refractivity contribution in [1.82, 2.24) is 10.3 Å². The van der Waals surface area contributed by atoms with Crippen molar-refractivity contribution in [2.45, 2.75) is 5.92 Å². The Morgan fingerprint density at radius 2 is 1.56 bits per heavy atom. The maximum atomic E-state index is 11.6. The SMILES string of the molecule is N#C[C@H]1C(=O)NC(=O)[C@H](C#N)C1c1ccncc1. The van der Waals surface area contributed by atoms with E-state index >= 15 is 0 Å². The lowest BCUT2D eigenvalue weighted by atomic mass is 9.75. The highest BCUT2D eigenvalue weighted by atomic mass is 16.2. The number of nitrogens with one attached hydrogen (secondary N) is 1. The number of carbonyl (C=O) groups excluding carboxylic acids is 2. The summed E-state index contributed by atoms with van der Waals surface area (Å²) in [6, 6.07) is 6.91. The van der Waals surface area contributed by atoms with Crippen molar-refractivity contribution >= 4 is 11.8 Å². The van der Waals surface area contributed by atoms with Gasteiger partial charge in [0.2, 0.25) is 11.8 Å². The lowest BCUT2D eigenvalue weighted by Gasteiger charge is -2.29. The molecule has 1 aliphatic heterocycles. The second kappa shape index (κ2) is 4.64. The number of rotatable bonds is 1. The number of pyridine rings is 1. The number of aromatic nitrogens is 1. The predicted octanol–water partition coefficient (Wildman–Crippen LogP) is 0.101. The number of amides is 2. The van der Waals surface area contributed by atoms with Gasteiger partial charge in [-0.1, -0.05) is 0 Å². The zero-order valence-corrected chi connectivity index (χ0v) is 9.20.